The van der Waals surface area contributed by atoms with Gasteiger partial charge in [0.1, 0.15) is 11.9 Å². The van der Waals surface area contributed by atoms with Gasteiger partial charge in [0, 0.05) is 31.5 Å². The van der Waals surface area contributed by atoms with Crippen LogP contribution >= 0.6 is 0 Å². The van der Waals surface area contributed by atoms with Gasteiger partial charge in [-0.2, -0.15) is 0 Å². The summed E-state index contributed by atoms with van der Waals surface area (Å²) >= 11 is 0. The number of hydrogen-bond acceptors (Lipinski definition) is 6. The van der Waals surface area contributed by atoms with E-state index in [2.05, 4.69) is 5.32 Å². The quantitative estimate of drug-likeness (QED) is 0.493. The van der Waals surface area contributed by atoms with Crippen LogP contribution in [-0.2, 0) is 11.2 Å². The highest BCUT2D eigenvalue weighted by Gasteiger charge is 2.49. The lowest BCUT2D eigenvalue weighted by Crippen LogP contribution is -2.48. The minimum Gasteiger partial charge on any atom is -0.493 e. The van der Waals surface area contributed by atoms with Crippen molar-refractivity contribution in [2.45, 2.75) is 25.4 Å². The number of benzene rings is 2. The molecule has 2 aliphatic heterocycles. The number of furan rings is 1. The summed E-state index contributed by atoms with van der Waals surface area (Å²) in [5.74, 6) is 1.06. The first-order valence-electron chi connectivity index (χ1n) is 11.8. The standard InChI is InChI=1S/C27H27N3O6/c1-34-21-12-11-19-23(24(21)35-2)27(33)30-20-9-4-3-8-18(20)26(32)29(25(19)30)15-5-10-22(31)28-14-13-17-7-6-16-36-17/h3-4,6-9,11-12,16,25H,5,10,13-15H2,1-2H3,(H,28,31)/t25-/m0/s1. The van der Waals surface area contributed by atoms with Gasteiger partial charge in [0.25, 0.3) is 11.8 Å². The smallest absolute Gasteiger partial charge is 0.264 e. The molecule has 9 heteroatoms. The Morgan fingerprint density at radius 1 is 1.03 bits per heavy atom. The third kappa shape index (κ3) is 3.96. The number of methoxy groups -OCH3 is 2. The first kappa shape index (κ1) is 23.5. The summed E-state index contributed by atoms with van der Waals surface area (Å²) < 4.78 is 16.2. The number of rotatable bonds is 9. The highest BCUT2D eigenvalue weighted by atomic mass is 16.5. The van der Waals surface area contributed by atoms with E-state index in [0.29, 0.717) is 59.8 Å². The van der Waals surface area contributed by atoms with Crippen LogP contribution < -0.4 is 19.7 Å². The summed E-state index contributed by atoms with van der Waals surface area (Å²) in [6, 6.07) is 14.3. The highest BCUT2D eigenvalue weighted by molar-refractivity contribution is 6.18. The maximum Gasteiger partial charge on any atom is 0.264 e. The van der Waals surface area contributed by atoms with Gasteiger partial charge >= 0.3 is 0 Å². The summed E-state index contributed by atoms with van der Waals surface area (Å²) in [4.78, 5) is 42.9. The molecule has 0 aliphatic carbocycles. The molecule has 2 aromatic carbocycles. The number of anilines is 1. The van der Waals surface area contributed by atoms with Crippen molar-refractivity contribution >= 4 is 23.4 Å². The predicted molar refractivity (Wildman–Crippen MR) is 131 cm³/mol. The zero-order valence-electron chi connectivity index (χ0n) is 20.2. The first-order chi connectivity index (χ1) is 17.5. The summed E-state index contributed by atoms with van der Waals surface area (Å²) in [5, 5.41) is 2.88. The third-order valence-corrected chi connectivity index (χ3v) is 6.56. The molecular weight excluding hydrogens is 462 g/mol. The average molecular weight is 490 g/mol. The van der Waals surface area contributed by atoms with Crippen LogP contribution in [0.5, 0.6) is 11.5 Å². The number of amides is 3. The molecule has 1 aromatic heterocycles. The fourth-order valence-electron chi connectivity index (χ4n) is 4.93. The lowest BCUT2D eigenvalue weighted by Gasteiger charge is -2.41. The van der Waals surface area contributed by atoms with Crippen LogP contribution in [0.2, 0.25) is 0 Å². The average Bonchev–Trinajstić information content (AvgIpc) is 3.52. The minimum absolute atomic E-state index is 0.0995. The molecule has 0 saturated carbocycles. The fraction of sp³-hybridized carbons (Fsp3) is 0.296. The number of para-hydroxylation sites is 1. The van der Waals surface area contributed by atoms with Crippen molar-refractivity contribution in [3.05, 3.63) is 77.2 Å². The van der Waals surface area contributed by atoms with Gasteiger partial charge in [-0.3, -0.25) is 19.3 Å². The van der Waals surface area contributed by atoms with Gasteiger partial charge in [0.05, 0.1) is 37.3 Å². The zero-order chi connectivity index (χ0) is 25.2. The van der Waals surface area contributed by atoms with E-state index in [1.807, 2.05) is 12.1 Å². The Bertz CT molecular complexity index is 1300. The van der Waals surface area contributed by atoms with Crippen molar-refractivity contribution in [2.24, 2.45) is 0 Å². The minimum atomic E-state index is -0.628. The van der Waals surface area contributed by atoms with Crippen LogP contribution in [0.3, 0.4) is 0 Å². The topological polar surface area (TPSA) is 101 Å². The predicted octanol–water partition coefficient (Wildman–Crippen LogP) is 3.55. The van der Waals surface area contributed by atoms with Crippen molar-refractivity contribution < 1.29 is 28.3 Å². The monoisotopic (exact) mass is 489 g/mol. The third-order valence-electron chi connectivity index (χ3n) is 6.56. The van der Waals surface area contributed by atoms with Crippen molar-refractivity contribution in [1.29, 1.82) is 0 Å². The molecule has 3 aromatic rings. The van der Waals surface area contributed by atoms with Crippen LogP contribution in [0, 0.1) is 0 Å². The van der Waals surface area contributed by atoms with E-state index >= 15 is 0 Å². The lowest BCUT2D eigenvalue weighted by molar-refractivity contribution is -0.121. The molecule has 9 nitrogen and oxygen atoms in total. The molecule has 0 spiro atoms. The Balaban J connectivity index is 1.37. The highest BCUT2D eigenvalue weighted by Crippen LogP contribution is 2.49. The van der Waals surface area contributed by atoms with Crippen LogP contribution in [0.25, 0.3) is 0 Å². The second-order valence-electron chi connectivity index (χ2n) is 8.61. The second-order valence-corrected chi connectivity index (χ2v) is 8.61. The fourth-order valence-corrected chi connectivity index (χ4v) is 4.93. The van der Waals surface area contributed by atoms with E-state index in [-0.39, 0.29) is 24.1 Å². The lowest BCUT2D eigenvalue weighted by atomic mass is 10.0. The molecule has 3 amide bonds. The number of carbonyl (C=O) groups excluding carboxylic acids is 3. The molecule has 0 radical (unpaired) electrons. The van der Waals surface area contributed by atoms with Crippen molar-refractivity contribution in [3.63, 3.8) is 0 Å². The number of fused-ring (bicyclic) bond motifs is 5. The molecular formula is C27H27N3O6. The summed E-state index contributed by atoms with van der Waals surface area (Å²) in [7, 11) is 3.01. The van der Waals surface area contributed by atoms with E-state index in [4.69, 9.17) is 13.9 Å². The number of ether oxygens (including phenoxy) is 2. The molecule has 0 saturated heterocycles. The van der Waals surface area contributed by atoms with Crippen molar-refractivity contribution in [3.8, 4) is 11.5 Å². The molecule has 186 valence electrons. The van der Waals surface area contributed by atoms with E-state index in [9.17, 15) is 14.4 Å². The number of nitrogens with zero attached hydrogens (tertiary/aromatic N) is 2. The molecule has 1 atom stereocenters. The Kier molecular flexibility index (Phi) is 6.37. The second kappa shape index (κ2) is 9.77. The van der Waals surface area contributed by atoms with Crippen LogP contribution in [0.15, 0.2) is 59.2 Å². The molecule has 36 heavy (non-hydrogen) atoms. The van der Waals surface area contributed by atoms with Crippen molar-refractivity contribution in [1.82, 2.24) is 10.2 Å². The zero-order valence-corrected chi connectivity index (χ0v) is 20.2. The maximum absolute atomic E-state index is 13.7. The maximum atomic E-state index is 13.7. The largest absolute Gasteiger partial charge is 0.493 e. The Hall–Kier alpha value is -4.27. The Morgan fingerprint density at radius 2 is 1.86 bits per heavy atom. The number of nitrogens with one attached hydrogen (secondary N) is 1. The van der Waals surface area contributed by atoms with Gasteiger partial charge < -0.3 is 24.1 Å². The van der Waals surface area contributed by atoms with Gasteiger partial charge in [0.2, 0.25) is 5.91 Å². The normalized spacial score (nSPS) is 15.9. The van der Waals surface area contributed by atoms with E-state index in [1.165, 1.54) is 14.2 Å². The van der Waals surface area contributed by atoms with Gasteiger partial charge in [-0.15, -0.1) is 0 Å². The molecule has 0 bridgehead atoms. The van der Waals surface area contributed by atoms with Crippen molar-refractivity contribution in [2.75, 3.05) is 32.2 Å². The van der Waals surface area contributed by atoms with Gasteiger partial charge in [-0.25, -0.2) is 0 Å². The molecule has 0 fully saturated rings. The van der Waals surface area contributed by atoms with E-state index in [1.54, 1.807) is 52.5 Å². The van der Waals surface area contributed by atoms with E-state index in [0.717, 1.165) is 5.76 Å². The summed E-state index contributed by atoms with van der Waals surface area (Å²) in [6.07, 6.45) is 2.29. The Morgan fingerprint density at radius 3 is 2.61 bits per heavy atom. The Labute approximate surface area is 208 Å². The number of hydrogen-bond donors (Lipinski definition) is 1. The molecule has 1 N–H and O–H groups in total. The van der Waals surface area contributed by atoms with E-state index < -0.39 is 6.17 Å². The summed E-state index contributed by atoms with van der Waals surface area (Å²) in [5.41, 5.74) is 2.06. The molecule has 2 aliphatic rings. The van der Waals surface area contributed by atoms with Gasteiger partial charge in [-0.1, -0.05) is 18.2 Å². The molecule has 0 unspecified atom stereocenters. The first-order valence-corrected chi connectivity index (χ1v) is 11.8. The van der Waals surface area contributed by atoms with Crippen LogP contribution in [-0.4, -0.2) is 49.9 Å². The van der Waals surface area contributed by atoms with Crippen LogP contribution in [0.4, 0.5) is 5.69 Å². The molecule has 3 heterocycles. The SMILES string of the molecule is COc1ccc2c(c1OC)C(=O)N1c3ccccc3C(=O)N(CCCC(=O)NCCc3ccco3)[C@H]21. The van der Waals surface area contributed by atoms with Gasteiger partial charge in [0.15, 0.2) is 11.5 Å². The van der Waals surface area contributed by atoms with Gasteiger partial charge in [-0.05, 0) is 36.8 Å². The number of carbonyl (C=O) groups is 3. The molecule has 5 rings (SSSR count). The summed E-state index contributed by atoms with van der Waals surface area (Å²) in [6.45, 7) is 0.781. The van der Waals surface area contributed by atoms with Crippen LogP contribution in [0.1, 0.15) is 51.0 Å².